The molecule has 1 aromatic carbocycles. The van der Waals surface area contributed by atoms with E-state index >= 15 is 0 Å². The standard InChI is InChI=1S/C20H21NO4S2/c1-13-15(11-14-7-4-5-8-16(14)25-13)12-17-19(24)21(20(26)27-17)10-6-2-3-9-18(22)23/h4-5,7-8,11-13H,2-3,6,9-10H2,1H3,(H,22,23)/p-1/b17-12-/t13-/m1/s1. The highest BCUT2D eigenvalue weighted by Gasteiger charge is 2.32. The molecule has 0 N–H and O–H groups in total. The third-order valence-corrected chi connectivity index (χ3v) is 5.83. The number of amides is 1. The summed E-state index contributed by atoms with van der Waals surface area (Å²) in [5, 5.41) is 10.4. The normalized spacial score (nSPS) is 20.5. The number of nitrogens with zero attached hydrogens (tertiary/aromatic N) is 1. The number of carbonyl (C=O) groups excluding carboxylic acids is 2. The van der Waals surface area contributed by atoms with Crippen LogP contribution in [0, 0.1) is 0 Å². The molecule has 0 spiro atoms. The third-order valence-electron chi connectivity index (χ3n) is 4.45. The molecule has 1 saturated heterocycles. The number of unbranched alkanes of at least 4 members (excludes halogenated alkanes) is 2. The van der Waals surface area contributed by atoms with E-state index in [0.29, 0.717) is 28.6 Å². The number of hydrogen-bond donors (Lipinski definition) is 0. The molecular weight excluding hydrogens is 382 g/mol. The van der Waals surface area contributed by atoms with Gasteiger partial charge in [-0.25, -0.2) is 0 Å². The van der Waals surface area contributed by atoms with E-state index in [-0.39, 0.29) is 18.4 Å². The Morgan fingerprint density at radius 3 is 2.89 bits per heavy atom. The average Bonchev–Trinajstić information content (AvgIpc) is 2.89. The van der Waals surface area contributed by atoms with E-state index in [1.165, 1.54) is 11.8 Å². The second-order valence-corrected chi connectivity index (χ2v) is 8.13. The molecule has 0 aromatic heterocycles. The molecule has 0 saturated carbocycles. The van der Waals surface area contributed by atoms with E-state index in [9.17, 15) is 14.7 Å². The Kier molecular flexibility index (Phi) is 6.34. The third kappa shape index (κ3) is 4.78. The van der Waals surface area contributed by atoms with Crippen molar-refractivity contribution in [3.63, 3.8) is 0 Å². The molecular formula is C20H20NO4S2-. The molecule has 142 valence electrons. The first-order valence-corrected chi connectivity index (χ1v) is 10.1. The van der Waals surface area contributed by atoms with Crippen LogP contribution in [0.3, 0.4) is 0 Å². The number of aliphatic carboxylic acids is 1. The Morgan fingerprint density at radius 2 is 2.11 bits per heavy atom. The van der Waals surface area contributed by atoms with E-state index in [0.717, 1.165) is 23.3 Å². The maximum absolute atomic E-state index is 12.7. The van der Waals surface area contributed by atoms with Gasteiger partial charge in [-0.2, -0.15) is 0 Å². The van der Waals surface area contributed by atoms with Crippen molar-refractivity contribution in [1.29, 1.82) is 0 Å². The number of carboxylic acids is 1. The first-order chi connectivity index (χ1) is 13.0. The molecule has 5 nitrogen and oxygen atoms in total. The summed E-state index contributed by atoms with van der Waals surface area (Å²) in [6, 6.07) is 7.79. The van der Waals surface area contributed by atoms with Crippen LogP contribution in [0.5, 0.6) is 5.75 Å². The fraction of sp³-hybridized carbons (Fsp3) is 0.350. The van der Waals surface area contributed by atoms with Gasteiger partial charge in [0.1, 0.15) is 16.2 Å². The van der Waals surface area contributed by atoms with Crippen molar-refractivity contribution in [1.82, 2.24) is 4.90 Å². The lowest BCUT2D eigenvalue weighted by Gasteiger charge is -2.23. The maximum Gasteiger partial charge on any atom is 0.266 e. The SMILES string of the molecule is C[C@H]1Oc2ccccc2C=C1/C=C1\SC(=S)N(CCCCCC(=O)[O-])C1=O. The van der Waals surface area contributed by atoms with Gasteiger partial charge in [0.2, 0.25) is 0 Å². The van der Waals surface area contributed by atoms with E-state index < -0.39 is 5.97 Å². The van der Waals surface area contributed by atoms with Gasteiger partial charge < -0.3 is 14.6 Å². The van der Waals surface area contributed by atoms with Gasteiger partial charge in [-0.05, 0) is 50.0 Å². The number of thiocarbonyl (C=S) groups is 1. The molecule has 0 unspecified atom stereocenters. The number of benzene rings is 1. The number of para-hydroxylation sites is 1. The van der Waals surface area contributed by atoms with Crippen molar-refractivity contribution >= 4 is 46.3 Å². The zero-order chi connectivity index (χ0) is 19.4. The minimum absolute atomic E-state index is 0.0474. The van der Waals surface area contributed by atoms with Crippen LogP contribution in [0.4, 0.5) is 0 Å². The largest absolute Gasteiger partial charge is 0.550 e. The topological polar surface area (TPSA) is 69.7 Å². The van der Waals surface area contributed by atoms with Crippen LogP contribution in [0.1, 0.15) is 38.2 Å². The highest BCUT2D eigenvalue weighted by Crippen LogP contribution is 2.35. The smallest absolute Gasteiger partial charge is 0.266 e. The van der Waals surface area contributed by atoms with E-state index in [1.54, 1.807) is 4.90 Å². The lowest BCUT2D eigenvalue weighted by Crippen LogP contribution is -2.29. The monoisotopic (exact) mass is 402 g/mol. The summed E-state index contributed by atoms with van der Waals surface area (Å²) in [5.41, 5.74) is 1.92. The number of hydrogen-bond acceptors (Lipinski definition) is 6. The van der Waals surface area contributed by atoms with Crippen LogP contribution < -0.4 is 9.84 Å². The molecule has 2 aliphatic heterocycles. The van der Waals surface area contributed by atoms with E-state index in [4.69, 9.17) is 17.0 Å². The van der Waals surface area contributed by atoms with Gasteiger partial charge in [-0.1, -0.05) is 48.6 Å². The van der Waals surface area contributed by atoms with E-state index in [2.05, 4.69) is 0 Å². The molecule has 3 rings (SSSR count). The highest BCUT2D eigenvalue weighted by molar-refractivity contribution is 8.26. The van der Waals surface area contributed by atoms with E-state index in [1.807, 2.05) is 43.3 Å². The Balaban J connectivity index is 1.66. The summed E-state index contributed by atoms with van der Waals surface area (Å²) in [6.45, 7) is 2.46. The molecule has 1 atom stereocenters. The number of carbonyl (C=O) groups is 2. The Bertz CT molecular complexity index is 831. The van der Waals surface area contributed by atoms with Gasteiger partial charge >= 0.3 is 0 Å². The van der Waals surface area contributed by atoms with Gasteiger partial charge in [-0.15, -0.1) is 0 Å². The minimum atomic E-state index is -1.04. The number of fused-ring (bicyclic) bond motifs is 1. The summed E-state index contributed by atoms with van der Waals surface area (Å²) in [6.07, 6.45) is 5.78. The highest BCUT2D eigenvalue weighted by atomic mass is 32.2. The predicted molar refractivity (Wildman–Crippen MR) is 108 cm³/mol. The second kappa shape index (κ2) is 8.71. The Hall–Kier alpha value is -2.12. The molecule has 2 aliphatic rings. The van der Waals surface area contributed by atoms with Crippen LogP contribution in [0.25, 0.3) is 6.08 Å². The lowest BCUT2D eigenvalue weighted by molar-refractivity contribution is -0.305. The van der Waals surface area contributed by atoms with Crippen LogP contribution in [-0.4, -0.2) is 33.7 Å². The number of thioether (sulfide) groups is 1. The van der Waals surface area contributed by atoms with Crippen molar-refractivity contribution in [3.05, 3.63) is 46.4 Å². The molecule has 0 aliphatic carbocycles. The fourth-order valence-corrected chi connectivity index (χ4v) is 4.29. The van der Waals surface area contributed by atoms with Crippen molar-refractivity contribution in [2.45, 2.75) is 38.7 Å². The summed E-state index contributed by atoms with van der Waals surface area (Å²) in [4.78, 5) is 25.3. The maximum atomic E-state index is 12.7. The van der Waals surface area contributed by atoms with Gasteiger partial charge in [0, 0.05) is 18.1 Å². The van der Waals surface area contributed by atoms with Crippen molar-refractivity contribution in [3.8, 4) is 5.75 Å². The van der Waals surface area contributed by atoms with Crippen molar-refractivity contribution in [2.24, 2.45) is 0 Å². The van der Waals surface area contributed by atoms with Gasteiger partial charge in [0.15, 0.2) is 0 Å². The molecule has 2 heterocycles. The minimum Gasteiger partial charge on any atom is -0.550 e. The van der Waals surface area contributed by atoms with Gasteiger partial charge in [-0.3, -0.25) is 9.69 Å². The predicted octanol–water partition coefficient (Wildman–Crippen LogP) is 2.91. The number of rotatable bonds is 7. The summed E-state index contributed by atoms with van der Waals surface area (Å²) >= 11 is 6.64. The summed E-state index contributed by atoms with van der Waals surface area (Å²) in [7, 11) is 0. The first-order valence-electron chi connectivity index (χ1n) is 8.88. The van der Waals surface area contributed by atoms with Gasteiger partial charge in [0.25, 0.3) is 5.91 Å². The second-order valence-electron chi connectivity index (χ2n) is 6.46. The van der Waals surface area contributed by atoms with Gasteiger partial charge in [0.05, 0.1) is 4.91 Å². The Labute approximate surface area is 168 Å². The average molecular weight is 403 g/mol. The quantitative estimate of drug-likeness (QED) is 0.397. The van der Waals surface area contributed by atoms with Crippen molar-refractivity contribution in [2.75, 3.05) is 6.54 Å². The van der Waals surface area contributed by atoms with Crippen LogP contribution in [0.2, 0.25) is 0 Å². The summed E-state index contributed by atoms with van der Waals surface area (Å²) in [5.74, 6) is -0.301. The zero-order valence-electron chi connectivity index (χ0n) is 15.0. The molecule has 7 heteroatoms. The van der Waals surface area contributed by atoms with Crippen LogP contribution in [0.15, 0.2) is 40.8 Å². The van der Waals surface area contributed by atoms with Crippen LogP contribution >= 0.6 is 24.0 Å². The zero-order valence-corrected chi connectivity index (χ0v) is 16.6. The molecule has 1 aromatic rings. The molecule has 0 radical (unpaired) electrons. The fourth-order valence-electron chi connectivity index (χ4n) is 2.98. The lowest BCUT2D eigenvalue weighted by atomic mass is 10.0. The van der Waals surface area contributed by atoms with Crippen LogP contribution in [-0.2, 0) is 9.59 Å². The molecule has 1 fully saturated rings. The molecule has 27 heavy (non-hydrogen) atoms. The molecule has 0 bridgehead atoms. The number of carboxylic acid groups (broad SMARTS) is 1. The molecule has 1 amide bonds. The van der Waals surface area contributed by atoms with Crippen molar-refractivity contribution < 1.29 is 19.4 Å². The Morgan fingerprint density at radius 1 is 1.33 bits per heavy atom. The summed E-state index contributed by atoms with van der Waals surface area (Å²) < 4.78 is 6.46. The number of ether oxygens (including phenoxy) is 1. The first kappa shape index (κ1) is 19.6.